The summed E-state index contributed by atoms with van der Waals surface area (Å²) in [7, 11) is 4.05. The summed E-state index contributed by atoms with van der Waals surface area (Å²) in [6.07, 6.45) is 8.24. The summed E-state index contributed by atoms with van der Waals surface area (Å²) in [5.74, 6) is 0.485. The zero-order valence-electron chi connectivity index (χ0n) is 21.9. The van der Waals surface area contributed by atoms with E-state index in [1.165, 1.54) is 16.7 Å². The number of nitrogen functional groups attached to an aromatic ring is 1. The molecule has 5 rings (SSSR count). The largest absolute Gasteiger partial charge is 0.444 e. The summed E-state index contributed by atoms with van der Waals surface area (Å²) in [4.78, 5) is 21.9. The summed E-state index contributed by atoms with van der Waals surface area (Å²) in [5, 5.41) is 4.30. The second-order valence-corrected chi connectivity index (χ2v) is 11.1. The molecule has 1 atom stereocenters. The first kappa shape index (κ1) is 24.3. The number of carbonyl (C=O) groups is 1. The maximum atomic E-state index is 13.1. The number of amides is 1. The Kier molecular flexibility index (Phi) is 6.24. The summed E-state index contributed by atoms with van der Waals surface area (Å²) in [6, 6.07) is 6.64. The van der Waals surface area contributed by atoms with Crippen LogP contribution in [-0.4, -0.2) is 56.4 Å². The fraction of sp³-hybridized carbons (Fsp3) is 0.464. The monoisotopic (exact) mass is 488 g/mol. The molecule has 190 valence electrons. The van der Waals surface area contributed by atoms with Gasteiger partial charge in [-0.1, -0.05) is 6.07 Å². The van der Waals surface area contributed by atoms with Crippen molar-refractivity contribution in [2.45, 2.75) is 58.2 Å². The molecule has 2 aliphatic heterocycles. The molecule has 1 aromatic carbocycles. The van der Waals surface area contributed by atoms with E-state index < -0.39 is 5.60 Å². The van der Waals surface area contributed by atoms with Crippen molar-refractivity contribution in [1.82, 2.24) is 24.6 Å². The zero-order chi connectivity index (χ0) is 25.6. The van der Waals surface area contributed by atoms with Gasteiger partial charge >= 0.3 is 6.09 Å². The first-order valence-corrected chi connectivity index (χ1v) is 12.7. The van der Waals surface area contributed by atoms with E-state index in [1.54, 1.807) is 4.68 Å². The van der Waals surface area contributed by atoms with Crippen LogP contribution in [0.4, 0.5) is 10.6 Å². The van der Waals surface area contributed by atoms with Gasteiger partial charge in [-0.3, -0.25) is 4.68 Å². The highest BCUT2D eigenvalue weighted by atomic mass is 16.6. The summed E-state index contributed by atoms with van der Waals surface area (Å²) in [6.45, 7) is 8.36. The molecule has 1 unspecified atom stereocenters. The molecular weight excluding hydrogens is 452 g/mol. The van der Waals surface area contributed by atoms with E-state index in [9.17, 15) is 4.79 Å². The van der Waals surface area contributed by atoms with Crippen molar-refractivity contribution in [3.8, 4) is 22.3 Å². The number of fused-ring (bicyclic) bond motifs is 1. The number of nitrogens with zero attached hydrogens (tertiary/aromatic N) is 5. The first-order valence-electron chi connectivity index (χ1n) is 12.7. The van der Waals surface area contributed by atoms with E-state index in [2.05, 4.69) is 40.2 Å². The van der Waals surface area contributed by atoms with E-state index in [1.807, 2.05) is 51.3 Å². The minimum Gasteiger partial charge on any atom is -0.444 e. The van der Waals surface area contributed by atoms with Crippen molar-refractivity contribution in [3.63, 3.8) is 0 Å². The quantitative estimate of drug-likeness (QED) is 0.570. The normalized spacial score (nSPS) is 18.4. The average Bonchev–Trinajstić information content (AvgIpc) is 3.47. The minimum absolute atomic E-state index is 0.000385. The van der Waals surface area contributed by atoms with E-state index in [4.69, 9.17) is 10.5 Å². The molecule has 0 aliphatic carbocycles. The number of nitrogens with two attached hydrogens (primary N) is 1. The van der Waals surface area contributed by atoms with Crippen molar-refractivity contribution >= 4 is 11.9 Å². The third-order valence-corrected chi connectivity index (χ3v) is 7.08. The summed E-state index contributed by atoms with van der Waals surface area (Å²) in [5.41, 5.74) is 13.5. The highest BCUT2D eigenvalue weighted by molar-refractivity contribution is 5.79. The van der Waals surface area contributed by atoms with Gasteiger partial charge in [0.15, 0.2) is 0 Å². The number of aromatic nitrogens is 3. The lowest BCUT2D eigenvalue weighted by Gasteiger charge is -2.33. The number of benzene rings is 1. The van der Waals surface area contributed by atoms with Gasteiger partial charge in [0.05, 0.1) is 12.2 Å². The number of carbonyl (C=O) groups excluding carboxylic acids is 1. The van der Waals surface area contributed by atoms with E-state index in [-0.39, 0.29) is 12.1 Å². The van der Waals surface area contributed by atoms with Gasteiger partial charge in [-0.25, -0.2) is 9.78 Å². The van der Waals surface area contributed by atoms with Gasteiger partial charge in [0.25, 0.3) is 0 Å². The molecule has 0 radical (unpaired) electrons. The predicted molar refractivity (Wildman–Crippen MR) is 141 cm³/mol. The van der Waals surface area contributed by atoms with Crippen LogP contribution in [0.15, 0.2) is 36.8 Å². The van der Waals surface area contributed by atoms with Crippen molar-refractivity contribution in [2.24, 2.45) is 7.05 Å². The third-order valence-electron chi connectivity index (χ3n) is 7.08. The molecule has 0 bridgehead atoms. The van der Waals surface area contributed by atoms with Gasteiger partial charge in [-0.05, 0) is 81.5 Å². The Morgan fingerprint density at radius 1 is 1.08 bits per heavy atom. The van der Waals surface area contributed by atoms with Gasteiger partial charge in [0.1, 0.15) is 11.4 Å². The molecule has 4 heterocycles. The van der Waals surface area contributed by atoms with Gasteiger partial charge < -0.3 is 20.3 Å². The molecule has 0 spiro atoms. The number of pyridine rings is 1. The fourth-order valence-corrected chi connectivity index (χ4v) is 5.35. The van der Waals surface area contributed by atoms with E-state index in [0.717, 1.165) is 54.6 Å². The fourth-order valence-electron chi connectivity index (χ4n) is 5.35. The number of likely N-dealkylation sites (N-methyl/N-ethyl adjacent to an activating group) is 1. The van der Waals surface area contributed by atoms with Crippen LogP contribution in [0.2, 0.25) is 0 Å². The third kappa shape index (κ3) is 4.82. The van der Waals surface area contributed by atoms with Gasteiger partial charge in [-0.15, -0.1) is 0 Å². The van der Waals surface area contributed by atoms with E-state index in [0.29, 0.717) is 12.4 Å². The Labute approximate surface area is 213 Å². The smallest absolute Gasteiger partial charge is 0.410 e. The summed E-state index contributed by atoms with van der Waals surface area (Å²) < 4.78 is 7.54. The highest BCUT2D eigenvalue weighted by Crippen LogP contribution is 2.40. The van der Waals surface area contributed by atoms with Crippen molar-refractivity contribution < 1.29 is 9.53 Å². The molecule has 0 saturated carbocycles. The number of aryl methyl sites for hydroxylation is 1. The second kappa shape index (κ2) is 9.24. The predicted octanol–water partition coefficient (Wildman–Crippen LogP) is 4.79. The highest BCUT2D eigenvalue weighted by Gasteiger charge is 2.35. The molecule has 2 aliphatic rings. The van der Waals surface area contributed by atoms with Crippen LogP contribution >= 0.6 is 0 Å². The van der Waals surface area contributed by atoms with Crippen LogP contribution in [0.25, 0.3) is 22.3 Å². The number of hydrogen-bond donors (Lipinski definition) is 1. The maximum absolute atomic E-state index is 13.1. The maximum Gasteiger partial charge on any atom is 0.410 e. The van der Waals surface area contributed by atoms with Crippen LogP contribution in [0, 0.1) is 0 Å². The Bertz CT molecular complexity index is 1290. The molecular formula is C28H36N6O2. The molecule has 1 saturated heterocycles. The van der Waals surface area contributed by atoms with Crippen LogP contribution < -0.4 is 5.73 Å². The van der Waals surface area contributed by atoms with E-state index >= 15 is 0 Å². The Hall–Kier alpha value is -3.39. The molecule has 2 aromatic heterocycles. The Balaban J connectivity index is 1.59. The molecule has 1 fully saturated rings. The van der Waals surface area contributed by atoms with Crippen molar-refractivity contribution in [2.75, 3.05) is 25.9 Å². The molecule has 36 heavy (non-hydrogen) atoms. The van der Waals surface area contributed by atoms with Crippen LogP contribution in [-0.2, 0) is 24.8 Å². The summed E-state index contributed by atoms with van der Waals surface area (Å²) >= 11 is 0. The number of likely N-dealkylation sites (tertiary alicyclic amines) is 1. The molecule has 8 nitrogen and oxygen atoms in total. The lowest BCUT2D eigenvalue weighted by molar-refractivity contribution is 0.0223. The second-order valence-electron chi connectivity index (χ2n) is 11.1. The van der Waals surface area contributed by atoms with Gasteiger partial charge in [0, 0.05) is 55.8 Å². The topological polar surface area (TPSA) is 89.5 Å². The lowest BCUT2D eigenvalue weighted by atomic mass is 9.86. The number of rotatable bonds is 3. The average molecular weight is 489 g/mol. The molecule has 3 aromatic rings. The van der Waals surface area contributed by atoms with Crippen molar-refractivity contribution in [3.05, 3.63) is 53.5 Å². The first-order chi connectivity index (χ1) is 17.1. The number of hydrogen-bond acceptors (Lipinski definition) is 6. The van der Waals surface area contributed by atoms with Crippen molar-refractivity contribution in [1.29, 1.82) is 0 Å². The molecule has 1 amide bonds. The molecule has 2 N–H and O–H groups in total. The molecule has 8 heteroatoms. The Morgan fingerprint density at radius 3 is 2.61 bits per heavy atom. The minimum atomic E-state index is -0.524. The van der Waals surface area contributed by atoms with Gasteiger partial charge in [0.2, 0.25) is 0 Å². The van der Waals surface area contributed by atoms with Crippen LogP contribution in [0.1, 0.15) is 56.3 Å². The SMILES string of the molecule is CN1CCc2cc(-c3cnc(N)c(-c4cnn(C)c4)c3)cc(C3CCCN3C(=O)OC(C)(C)C)c2C1. The van der Waals surface area contributed by atoms with Gasteiger partial charge in [-0.2, -0.15) is 5.10 Å². The standard InChI is InChI=1S/C28H36N6O2/c1-28(2,3)36-27(35)34-9-6-7-25(34)23-12-19(11-18-8-10-32(4)17-24(18)23)20-13-22(26(29)30-14-20)21-15-31-33(5)16-21/h11-16,25H,6-10,17H2,1-5H3,(H2,29,30). The number of anilines is 1. The van der Waals surface area contributed by atoms with Crippen LogP contribution in [0.5, 0.6) is 0 Å². The number of ether oxygens (including phenoxy) is 1. The Morgan fingerprint density at radius 2 is 1.89 bits per heavy atom. The zero-order valence-corrected chi connectivity index (χ0v) is 21.9. The lowest BCUT2D eigenvalue weighted by Crippen LogP contribution is -2.37. The van der Waals surface area contributed by atoms with Crippen LogP contribution in [0.3, 0.4) is 0 Å².